The number of amides is 2. The smallest absolute Gasteiger partial charge is 0.230 e. The zero-order valence-electron chi connectivity index (χ0n) is 10.3. The molecule has 0 aromatic heterocycles. The summed E-state index contributed by atoms with van der Waals surface area (Å²) in [7, 11) is 0. The standard InChI is InChI=1S/C12H21NO3/c1-4-6-9-11(15)13-10(14)7-12(9,3)8-16-5-2/h9H,4-8H2,1-3H3,(H,13,14,15). The fourth-order valence-corrected chi connectivity index (χ4v) is 2.33. The summed E-state index contributed by atoms with van der Waals surface area (Å²) in [5, 5.41) is 2.41. The lowest BCUT2D eigenvalue weighted by molar-refractivity contribution is -0.146. The zero-order valence-corrected chi connectivity index (χ0v) is 10.3. The predicted octanol–water partition coefficient (Wildman–Crippen LogP) is 1.49. The van der Waals surface area contributed by atoms with Gasteiger partial charge in [-0.15, -0.1) is 0 Å². The van der Waals surface area contributed by atoms with Gasteiger partial charge in [0.25, 0.3) is 0 Å². The molecule has 16 heavy (non-hydrogen) atoms. The van der Waals surface area contributed by atoms with Gasteiger partial charge < -0.3 is 4.74 Å². The molecule has 0 aromatic rings. The second-order valence-electron chi connectivity index (χ2n) is 4.72. The Labute approximate surface area is 96.7 Å². The highest BCUT2D eigenvalue weighted by Gasteiger charge is 2.44. The lowest BCUT2D eigenvalue weighted by Crippen LogP contribution is -2.52. The van der Waals surface area contributed by atoms with Crippen molar-refractivity contribution in [1.82, 2.24) is 5.32 Å². The number of nitrogens with one attached hydrogen (secondary N) is 1. The average molecular weight is 227 g/mol. The SMILES string of the molecule is CCCC1C(=O)NC(=O)CC1(C)COCC. The molecule has 92 valence electrons. The van der Waals surface area contributed by atoms with E-state index in [0.717, 1.165) is 12.8 Å². The van der Waals surface area contributed by atoms with Crippen LogP contribution in [-0.4, -0.2) is 25.0 Å². The molecule has 0 spiro atoms. The highest BCUT2D eigenvalue weighted by atomic mass is 16.5. The maximum Gasteiger partial charge on any atom is 0.230 e. The fourth-order valence-electron chi connectivity index (χ4n) is 2.33. The fraction of sp³-hybridized carbons (Fsp3) is 0.833. The van der Waals surface area contributed by atoms with E-state index >= 15 is 0 Å². The van der Waals surface area contributed by atoms with Crippen LogP contribution in [0.4, 0.5) is 0 Å². The first-order chi connectivity index (χ1) is 7.53. The molecule has 1 saturated heterocycles. The van der Waals surface area contributed by atoms with Crippen LogP contribution in [0.1, 0.15) is 40.0 Å². The van der Waals surface area contributed by atoms with Gasteiger partial charge in [0.15, 0.2) is 0 Å². The molecule has 1 heterocycles. The molecule has 2 amide bonds. The van der Waals surface area contributed by atoms with Gasteiger partial charge in [-0.1, -0.05) is 20.3 Å². The van der Waals surface area contributed by atoms with E-state index in [1.807, 2.05) is 20.8 Å². The average Bonchev–Trinajstić information content (AvgIpc) is 2.21. The van der Waals surface area contributed by atoms with Crippen molar-refractivity contribution in [3.8, 4) is 0 Å². The Hall–Kier alpha value is -0.900. The molecular formula is C12H21NO3. The molecular weight excluding hydrogens is 206 g/mol. The molecule has 0 saturated carbocycles. The van der Waals surface area contributed by atoms with Crippen LogP contribution in [0, 0.1) is 11.3 Å². The van der Waals surface area contributed by atoms with Crippen molar-refractivity contribution in [2.45, 2.75) is 40.0 Å². The highest BCUT2D eigenvalue weighted by Crippen LogP contribution is 2.37. The maximum atomic E-state index is 11.8. The van der Waals surface area contributed by atoms with Crippen molar-refractivity contribution in [2.75, 3.05) is 13.2 Å². The van der Waals surface area contributed by atoms with Crippen molar-refractivity contribution in [3.05, 3.63) is 0 Å². The highest BCUT2D eigenvalue weighted by molar-refractivity contribution is 5.99. The third-order valence-corrected chi connectivity index (χ3v) is 3.20. The Morgan fingerprint density at radius 2 is 2.12 bits per heavy atom. The summed E-state index contributed by atoms with van der Waals surface area (Å²) in [6.45, 7) is 7.03. The first-order valence-electron chi connectivity index (χ1n) is 5.95. The lowest BCUT2D eigenvalue weighted by Gasteiger charge is -2.39. The molecule has 1 rings (SSSR count). The summed E-state index contributed by atoms with van der Waals surface area (Å²) in [5.41, 5.74) is -0.342. The van der Waals surface area contributed by atoms with Crippen molar-refractivity contribution in [2.24, 2.45) is 11.3 Å². The quantitative estimate of drug-likeness (QED) is 0.724. The molecule has 4 heteroatoms. The predicted molar refractivity (Wildman–Crippen MR) is 60.8 cm³/mol. The Kier molecular flexibility index (Phi) is 4.47. The third-order valence-electron chi connectivity index (χ3n) is 3.20. The third kappa shape index (κ3) is 2.82. The number of piperidine rings is 1. The van der Waals surface area contributed by atoms with Gasteiger partial charge in [-0.25, -0.2) is 0 Å². The molecule has 4 nitrogen and oxygen atoms in total. The molecule has 0 radical (unpaired) electrons. The van der Waals surface area contributed by atoms with Gasteiger partial charge in [-0.3, -0.25) is 14.9 Å². The zero-order chi connectivity index (χ0) is 12.2. The van der Waals surface area contributed by atoms with Crippen LogP contribution in [0.15, 0.2) is 0 Å². The first kappa shape index (κ1) is 13.2. The summed E-state index contributed by atoms with van der Waals surface area (Å²) >= 11 is 0. The summed E-state index contributed by atoms with van der Waals surface area (Å²) in [4.78, 5) is 23.2. The molecule has 1 aliphatic heterocycles. The van der Waals surface area contributed by atoms with E-state index in [9.17, 15) is 9.59 Å². The number of imide groups is 1. The number of hydrogen-bond acceptors (Lipinski definition) is 3. The molecule has 1 fully saturated rings. The number of hydrogen-bond donors (Lipinski definition) is 1. The molecule has 0 aliphatic carbocycles. The van der Waals surface area contributed by atoms with E-state index in [1.54, 1.807) is 0 Å². The van der Waals surface area contributed by atoms with Gasteiger partial charge >= 0.3 is 0 Å². The van der Waals surface area contributed by atoms with E-state index in [4.69, 9.17) is 4.74 Å². The van der Waals surface area contributed by atoms with E-state index in [-0.39, 0.29) is 23.1 Å². The monoisotopic (exact) mass is 227 g/mol. The van der Waals surface area contributed by atoms with Crippen molar-refractivity contribution in [1.29, 1.82) is 0 Å². The Morgan fingerprint density at radius 3 is 2.69 bits per heavy atom. The van der Waals surface area contributed by atoms with Gasteiger partial charge in [0.1, 0.15) is 0 Å². The topological polar surface area (TPSA) is 55.4 Å². The molecule has 0 aromatic carbocycles. The van der Waals surface area contributed by atoms with Crippen LogP contribution in [-0.2, 0) is 14.3 Å². The minimum Gasteiger partial charge on any atom is -0.381 e. The van der Waals surface area contributed by atoms with Crippen LogP contribution < -0.4 is 5.32 Å². The molecule has 1 N–H and O–H groups in total. The Balaban J connectivity index is 2.80. The second-order valence-corrected chi connectivity index (χ2v) is 4.72. The number of carbonyl (C=O) groups excluding carboxylic acids is 2. The van der Waals surface area contributed by atoms with Crippen LogP contribution >= 0.6 is 0 Å². The molecule has 2 unspecified atom stereocenters. The Morgan fingerprint density at radius 1 is 1.44 bits per heavy atom. The Bertz CT molecular complexity index is 277. The van der Waals surface area contributed by atoms with Gasteiger partial charge in [0.05, 0.1) is 6.61 Å². The molecule has 2 atom stereocenters. The van der Waals surface area contributed by atoms with Crippen molar-refractivity contribution < 1.29 is 14.3 Å². The minimum absolute atomic E-state index is 0.109. The number of ether oxygens (including phenoxy) is 1. The maximum absolute atomic E-state index is 11.8. The van der Waals surface area contributed by atoms with Crippen LogP contribution in [0.5, 0.6) is 0 Å². The van der Waals surface area contributed by atoms with Crippen LogP contribution in [0.25, 0.3) is 0 Å². The van der Waals surface area contributed by atoms with Gasteiger partial charge in [-0.2, -0.15) is 0 Å². The van der Waals surface area contributed by atoms with Crippen molar-refractivity contribution >= 4 is 11.8 Å². The van der Waals surface area contributed by atoms with Crippen LogP contribution in [0.2, 0.25) is 0 Å². The largest absolute Gasteiger partial charge is 0.381 e. The van der Waals surface area contributed by atoms with Gasteiger partial charge in [-0.05, 0) is 13.3 Å². The van der Waals surface area contributed by atoms with E-state index in [0.29, 0.717) is 19.6 Å². The number of carbonyl (C=O) groups is 2. The van der Waals surface area contributed by atoms with Gasteiger partial charge in [0.2, 0.25) is 11.8 Å². The molecule has 1 aliphatic rings. The number of rotatable bonds is 5. The minimum atomic E-state index is -0.342. The van der Waals surface area contributed by atoms with Gasteiger partial charge in [0, 0.05) is 24.4 Å². The summed E-state index contributed by atoms with van der Waals surface area (Å²) in [6, 6.07) is 0. The lowest BCUT2D eigenvalue weighted by atomic mass is 9.70. The summed E-state index contributed by atoms with van der Waals surface area (Å²) < 4.78 is 5.42. The van der Waals surface area contributed by atoms with E-state index in [1.165, 1.54) is 0 Å². The van der Waals surface area contributed by atoms with Crippen LogP contribution in [0.3, 0.4) is 0 Å². The summed E-state index contributed by atoms with van der Waals surface area (Å²) in [5.74, 6) is -0.429. The second kappa shape index (κ2) is 5.43. The summed E-state index contributed by atoms with van der Waals surface area (Å²) in [6.07, 6.45) is 2.13. The van der Waals surface area contributed by atoms with Crippen molar-refractivity contribution in [3.63, 3.8) is 0 Å². The van der Waals surface area contributed by atoms with E-state index in [2.05, 4.69) is 5.32 Å². The van der Waals surface area contributed by atoms with E-state index < -0.39 is 0 Å². The molecule has 0 bridgehead atoms. The first-order valence-corrected chi connectivity index (χ1v) is 5.95. The normalized spacial score (nSPS) is 30.3.